The van der Waals surface area contributed by atoms with Gasteiger partial charge in [-0.05, 0) is 110 Å². The van der Waals surface area contributed by atoms with E-state index in [2.05, 4.69) is 57.0 Å². The Morgan fingerprint density at radius 2 is 1.19 bits per heavy atom. The van der Waals surface area contributed by atoms with Gasteiger partial charge in [-0.25, -0.2) is 19.6 Å². The predicted octanol–water partition coefficient (Wildman–Crippen LogP) is 8.31. The Balaban J connectivity index is 1.02. The number of aromatic amines is 2. The molecule has 1 saturated carbocycles. The molecule has 2 aliphatic heterocycles. The number of nitrogens with one attached hydrogen (secondary N) is 4. The Bertz CT molecular complexity index is 2420. The number of nitrogens with zero attached hydrogens (tertiary/aromatic N) is 5. The second kappa shape index (κ2) is 17.5. The molecule has 4 aliphatic rings. The van der Waals surface area contributed by atoms with Crippen molar-refractivity contribution in [2.45, 2.75) is 122 Å². The van der Waals surface area contributed by atoms with Crippen LogP contribution in [0.15, 0.2) is 42.6 Å². The molecule has 0 radical (unpaired) electrons. The molecule has 0 unspecified atom stereocenters. The normalized spacial score (nSPS) is 20.3. The van der Waals surface area contributed by atoms with Gasteiger partial charge < -0.3 is 39.9 Å². The summed E-state index contributed by atoms with van der Waals surface area (Å²) in [6.45, 7) is 8.86. The third-order valence-electron chi connectivity index (χ3n) is 14.4. The van der Waals surface area contributed by atoms with Crippen LogP contribution in [-0.2, 0) is 31.9 Å². The third-order valence-corrected chi connectivity index (χ3v) is 14.4. The first-order chi connectivity index (χ1) is 30.9. The maximum Gasteiger partial charge on any atom is 0.407 e. The number of aromatic nitrogens is 5. The largest absolute Gasteiger partial charge is 0.453 e. The SMILES string of the molecule is COC(=O)N[C@H](C(=O)N1CCC[C@H]1c1nc2ccc(-c3cnc(-c4ccc5nc([C@@H]6CCCN6C(=O)[C@@H](NC(=O)OC)C(C)C)[nH]c5c4)c4c3CC3(CCCCC3)C4)cc2[nH]1)C(C)C. The molecule has 15 heteroatoms. The molecule has 4 amide bonds. The fourth-order valence-electron chi connectivity index (χ4n) is 11.0. The van der Waals surface area contributed by atoms with Crippen molar-refractivity contribution >= 4 is 46.1 Å². The van der Waals surface area contributed by atoms with Crippen LogP contribution in [0.3, 0.4) is 0 Å². The lowest BCUT2D eigenvalue weighted by Gasteiger charge is -2.33. The zero-order chi connectivity index (χ0) is 44.9. The highest BCUT2D eigenvalue weighted by Crippen LogP contribution is 2.52. The molecule has 2 saturated heterocycles. The number of imidazole rings is 2. The van der Waals surface area contributed by atoms with Crippen LogP contribution in [-0.4, -0.2) is 98.1 Å². The maximum absolute atomic E-state index is 13.8. The van der Waals surface area contributed by atoms with Crippen molar-refractivity contribution in [2.24, 2.45) is 17.3 Å². The van der Waals surface area contributed by atoms with Gasteiger partial charge in [0.2, 0.25) is 11.8 Å². The molecule has 9 rings (SSSR count). The van der Waals surface area contributed by atoms with Crippen LogP contribution in [0.25, 0.3) is 44.5 Å². The Hall–Kier alpha value is -5.99. The van der Waals surface area contributed by atoms with E-state index in [1.165, 1.54) is 57.5 Å². The number of pyridine rings is 1. The number of likely N-dealkylation sites (tertiary alicyclic amines) is 2. The Morgan fingerprint density at radius 1 is 0.688 bits per heavy atom. The van der Waals surface area contributed by atoms with Crippen LogP contribution < -0.4 is 10.6 Å². The molecule has 3 aromatic heterocycles. The number of H-pyrrole nitrogens is 2. The van der Waals surface area contributed by atoms with Crippen LogP contribution in [0.5, 0.6) is 0 Å². The zero-order valence-corrected chi connectivity index (χ0v) is 37.9. The van der Waals surface area contributed by atoms with Crippen molar-refractivity contribution in [2.75, 3.05) is 27.3 Å². The highest BCUT2D eigenvalue weighted by molar-refractivity contribution is 5.89. The van der Waals surface area contributed by atoms with E-state index < -0.39 is 24.3 Å². The van der Waals surface area contributed by atoms with Crippen molar-refractivity contribution in [3.05, 3.63) is 65.4 Å². The van der Waals surface area contributed by atoms with Crippen LogP contribution in [0.2, 0.25) is 0 Å². The molecule has 4 atom stereocenters. The van der Waals surface area contributed by atoms with Gasteiger partial charge in [-0.3, -0.25) is 14.6 Å². The van der Waals surface area contributed by atoms with Gasteiger partial charge in [-0.15, -0.1) is 0 Å². The summed E-state index contributed by atoms with van der Waals surface area (Å²) in [6.07, 6.45) is 12.2. The fourth-order valence-corrected chi connectivity index (χ4v) is 11.0. The second-order valence-electron chi connectivity index (χ2n) is 19.2. The molecule has 2 aromatic carbocycles. The number of rotatable bonds is 10. The van der Waals surface area contributed by atoms with Crippen LogP contribution in [0.1, 0.15) is 120 Å². The lowest BCUT2D eigenvalue weighted by atomic mass is 9.72. The monoisotopic (exact) mass is 871 g/mol. The first-order valence-electron chi connectivity index (χ1n) is 23.2. The summed E-state index contributed by atoms with van der Waals surface area (Å²) >= 11 is 0. The average Bonchev–Trinajstić information content (AvgIpc) is 4.15. The van der Waals surface area contributed by atoms with Crippen molar-refractivity contribution in [1.29, 1.82) is 0 Å². The quantitative estimate of drug-likeness (QED) is 0.107. The van der Waals surface area contributed by atoms with E-state index >= 15 is 0 Å². The number of carbonyl (C=O) groups is 4. The highest BCUT2D eigenvalue weighted by atomic mass is 16.5. The first kappa shape index (κ1) is 43.3. The lowest BCUT2D eigenvalue weighted by molar-refractivity contribution is -0.136. The smallest absolute Gasteiger partial charge is 0.407 e. The number of alkyl carbamates (subject to hydrolysis) is 2. The number of hydrogen-bond acceptors (Lipinski definition) is 9. The summed E-state index contributed by atoms with van der Waals surface area (Å²) in [7, 11) is 2.61. The van der Waals surface area contributed by atoms with E-state index in [0.717, 1.165) is 94.6 Å². The summed E-state index contributed by atoms with van der Waals surface area (Å²) in [6, 6.07) is 10.9. The summed E-state index contributed by atoms with van der Waals surface area (Å²) in [4.78, 5) is 78.1. The number of fused-ring (bicyclic) bond motifs is 3. The summed E-state index contributed by atoms with van der Waals surface area (Å²) in [5.74, 6) is 0.998. The molecular weight excluding hydrogens is 811 g/mol. The molecule has 15 nitrogen and oxygen atoms in total. The maximum atomic E-state index is 13.8. The molecule has 64 heavy (non-hydrogen) atoms. The van der Waals surface area contributed by atoms with Gasteiger partial charge in [-0.1, -0.05) is 59.1 Å². The molecule has 3 fully saturated rings. The number of methoxy groups -OCH3 is 2. The highest BCUT2D eigenvalue weighted by Gasteiger charge is 2.42. The fraction of sp³-hybridized carbons (Fsp3) is 0.531. The van der Waals surface area contributed by atoms with Crippen molar-refractivity contribution in [3.63, 3.8) is 0 Å². The topological polar surface area (TPSA) is 188 Å². The van der Waals surface area contributed by atoms with E-state index in [1.807, 2.05) is 43.7 Å². The van der Waals surface area contributed by atoms with E-state index in [0.29, 0.717) is 13.1 Å². The zero-order valence-electron chi connectivity index (χ0n) is 37.9. The molecule has 1 spiro atoms. The van der Waals surface area contributed by atoms with Gasteiger partial charge in [0.15, 0.2) is 0 Å². The summed E-state index contributed by atoms with van der Waals surface area (Å²) < 4.78 is 9.65. The van der Waals surface area contributed by atoms with Gasteiger partial charge in [0.1, 0.15) is 23.7 Å². The average molecular weight is 872 g/mol. The van der Waals surface area contributed by atoms with Gasteiger partial charge in [0.05, 0.1) is 54.1 Å². The molecule has 4 N–H and O–H groups in total. The molecule has 338 valence electrons. The van der Waals surface area contributed by atoms with Gasteiger partial charge >= 0.3 is 12.2 Å². The standard InChI is InChI=1S/C49H61N9O6/c1-27(2)40(55-47(61)63-5)45(59)57-20-10-12-38(57)43-51-34-16-14-29(22-36(34)53-43)33-26-50-42(32-25-49(24-31(32)33)18-8-7-9-19-49)30-15-17-35-37(23-30)54-44(52-35)39-13-11-21-58(39)46(60)41(28(3)4)56-48(62)64-6/h14-17,22-23,26-28,38-41H,7-13,18-21,24-25H2,1-6H3,(H,51,53)(H,52,54)(H,55,61)(H,56,62)/t38-,39-,40-,41-/m0/s1. The predicted molar refractivity (Wildman–Crippen MR) is 243 cm³/mol. The Labute approximate surface area is 373 Å². The molecule has 5 aromatic rings. The van der Waals surface area contributed by atoms with Gasteiger partial charge in [0.25, 0.3) is 0 Å². The van der Waals surface area contributed by atoms with E-state index in [-0.39, 0.29) is 41.1 Å². The van der Waals surface area contributed by atoms with Crippen molar-refractivity contribution in [3.8, 4) is 22.4 Å². The Morgan fingerprint density at radius 3 is 1.70 bits per heavy atom. The third kappa shape index (κ3) is 8.06. The first-order valence-corrected chi connectivity index (χ1v) is 23.2. The number of benzene rings is 2. The second-order valence-corrected chi connectivity index (χ2v) is 19.2. The minimum absolute atomic E-state index is 0.115. The number of carbonyl (C=O) groups excluding carboxylic acids is 4. The van der Waals surface area contributed by atoms with E-state index in [9.17, 15) is 19.2 Å². The van der Waals surface area contributed by atoms with E-state index in [1.54, 1.807) is 0 Å². The molecule has 5 heterocycles. The Kier molecular flexibility index (Phi) is 11.9. The van der Waals surface area contributed by atoms with Crippen LogP contribution >= 0.6 is 0 Å². The number of amides is 4. The minimum atomic E-state index is -0.700. The minimum Gasteiger partial charge on any atom is -0.453 e. The van der Waals surface area contributed by atoms with E-state index in [4.69, 9.17) is 24.4 Å². The van der Waals surface area contributed by atoms with Crippen LogP contribution in [0.4, 0.5) is 9.59 Å². The number of hydrogen-bond donors (Lipinski definition) is 4. The number of ether oxygens (including phenoxy) is 2. The lowest BCUT2D eigenvalue weighted by Crippen LogP contribution is -2.51. The van der Waals surface area contributed by atoms with Crippen molar-refractivity contribution in [1.82, 2.24) is 45.4 Å². The summed E-state index contributed by atoms with van der Waals surface area (Å²) in [5.41, 5.74) is 10.6. The molecule has 2 aliphatic carbocycles. The van der Waals surface area contributed by atoms with Gasteiger partial charge in [-0.2, -0.15) is 0 Å². The molecular formula is C49H61N9O6. The van der Waals surface area contributed by atoms with Crippen molar-refractivity contribution < 1.29 is 28.7 Å². The summed E-state index contributed by atoms with van der Waals surface area (Å²) in [5, 5.41) is 5.48. The molecule has 0 bridgehead atoms. The van der Waals surface area contributed by atoms with Crippen LogP contribution in [0, 0.1) is 17.3 Å². The van der Waals surface area contributed by atoms with Gasteiger partial charge in [0, 0.05) is 30.4 Å².